The van der Waals surface area contributed by atoms with Crippen LogP contribution in [0.1, 0.15) is 52.0 Å². The summed E-state index contributed by atoms with van der Waals surface area (Å²) in [5, 5.41) is 5.73. The highest BCUT2D eigenvalue weighted by atomic mass is 35.5. The monoisotopic (exact) mass is 405 g/mol. The summed E-state index contributed by atoms with van der Waals surface area (Å²) in [6.07, 6.45) is 3.45. The van der Waals surface area contributed by atoms with Gasteiger partial charge in [-0.2, -0.15) is 0 Å². The Bertz CT molecular complexity index is 851. The lowest BCUT2D eigenvalue weighted by Crippen LogP contribution is -2.40. The third kappa shape index (κ3) is 5.09. The summed E-state index contributed by atoms with van der Waals surface area (Å²) >= 11 is 0. The molecule has 0 atom stereocenters. The first-order chi connectivity index (χ1) is 13.0. The molecule has 2 amide bonds. The lowest BCUT2D eigenvalue weighted by Gasteiger charge is -2.27. The summed E-state index contributed by atoms with van der Waals surface area (Å²) in [5.74, 6) is -1.43. The number of amides is 2. The standard InChI is InChI=1S/C21H24FN3O2.ClH/c1-13-5-4-7-17(21(27)24-15-11-9-14(23)10-12-15)19(13)25-20(26)16-6-2-3-8-18(16)22;/h2-8,14-15H,9-12,23H2,1H3,(H,24,27)(H,25,26);1H. The molecule has 1 fully saturated rings. The van der Waals surface area contributed by atoms with Crippen LogP contribution in [-0.4, -0.2) is 23.9 Å². The minimum absolute atomic E-state index is 0. The van der Waals surface area contributed by atoms with Gasteiger partial charge in [0, 0.05) is 12.1 Å². The molecule has 4 N–H and O–H groups in total. The van der Waals surface area contributed by atoms with E-state index in [9.17, 15) is 14.0 Å². The zero-order valence-corrected chi connectivity index (χ0v) is 16.5. The van der Waals surface area contributed by atoms with Crippen LogP contribution in [0.15, 0.2) is 42.5 Å². The topological polar surface area (TPSA) is 84.2 Å². The molecule has 1 aliphatic carbocycles. The van der Waals surface area contributed by atoms with Crippen molar-refractivity contribution in [3.63, 3.8) is 0 Å². The third-order valence-electron chi connectivity index (χ3n) is 4.98. The Kier molecular flexibility index (Phi) is 7.54. The summed E-state index contributed by atoms with van der Waals surface area (Å²) in [6, 6.07) is 11.3. The fourth-order valence-electron chi connectivity index (χ4n) is 3.38. The molecule has 150 valence electrons. The number of anilines is 1. The van der Waals surface area contributed by atoms with E-state index >= 15 is 0 Å². The third-order valence-corrected chi connectivity index (χ3v) is 4.98. The lowest BCUT2D eigenvalue weighted by atomic mass is 9.91. The van der Waals surface area contributed by atoms with Gasteiger partial charge in [0.1, 0.15) is 5.82 Å². The summed E-state index contributed by atoms with van der Waals surface area (Å²) in [5.41, 5.74) is 7.36. The number of hydrogen-bond acceptors (Lipinski definition) is 3. The maximum Gasteiger partial charge on any atom is 0.258 e. The van der Waals surface area contributed by atoms with E-state index in [1.807, 2.05) is 0 Å². The van der Waals surface area contributed by atoms with Gasteiger partial charge in [-0.15, -0.1) is 12.4 Å². The van der Waals surface area contributed by atoms with Crippen molar-refractivity contribution in [1.82, 2.24) is 5.32 Å². The maximum absolute atomic E-state index is 13.9. The highest BCUT2D eigenvalue weighted by molar-refractivity contribution is 6.09. The van der Waals surface area contributed by atoms with Gasteiger partial charge in [-0.3, -0.25) is 9.59 Å². The molecule has 1 saturated carbocycles. The predicted molar refractivity (Wildman–Crippen MR) is 110 cm³/mol. The molecule has 1 aliphatic rings. The number of nitrogens with two attached hydrogens (primary N) is 1. The van der Waals surface area contributed by atoms with Crippen LogP contribution in [0.2, 0.25) is 0 Å². The molecule has 2 aromatic rings. The van der Waals surface area contributed by atoms with E-state index in [1.165, 1.54) is 18.2 Å². The van der Waals surface area contributed by atoms with Crippen molar-refractivity contribution in [3.8, 4) is 0 Å². The van der Waals surface area contributed by atoms with E-state index in [0.29, 0.717) is 11.3 Å². The van der Waals surface area contributed by atoms with Gasteiger partial charge in [-0.1, -0.05) is 24.3 Å². The molecule has 3 rings (SSSR count). The van der Waals surface area contributed by atoms with E-state index < -0.39 is 11.7 Å². The Morgan fingerprint density at radius 2 is 1.61 bits per heavy atom. The van der Waals surface area contributed by atoms with Crippen molar-refractivity contribution >= 4 is 29.9 Å². The van der Waals surface area contributed by atoms with Gasteiger partial charge in [0.2, 0.25) is 0 Å². The molecule has 0 aliphatic heterocycles. The number of para-hydroxylation sites is 1. The smallest absolute Gasteiger partial charge is 0.258 e. The average molecular weight is 406 g/mol. The molecule has 0 aromatic heterocycles. The molecule has 28 heavy (non-hydrogen) atoms. The molecule has 0 heterocycles. The molecule has 0 unspecified atom stereocenters. The Balaban J connectivity index is 0.00000280. The van der Waals surface area contributed by atoms with Gasteiger partial charge >= 0.3 is 0 Å². The zero-order valence-electron chi connectivity index (χ0n) is 15.7. The molecular formula is C21H25ClFN3O2. The van der Waals surface area contributed by atoms with Crippen LogP contribution < -0.4 is 16.4 Å². The minimum Gasteiger partial charge on any atom is -0.349 e. The highest BCUT2D eigenvalue weighted by Gasteiger charge is 2.23. The van der Waals surface area contributed by atoms with Gasteiger partial charge in [0.15, 0.2) is 0 Å². The molecule has 7 heteroatoms. The fraction of sp³-hybridized carbons (Fsp3) is 0.333. The van der Waals surface area contributed by atoms with Gasteiger partial charge < -0.3 is 16.4 Å². The fourth-order valence-corrected chi connectivity index (χ4v) is 3.38. The number of benzene rings is 2. The van der Waals surface area contributed by atoms with Crippen LogP contribution in [0.5, 0.6) is 0 Å². The summed E-state index contributed by atoms with van der Waals surface area (Å²) < 4.78 is 13.9. The zero-order chi connectivity index (χ0) is 19.4. The molecule has 2 aromatic carbocycles. The quantitative estimate of drug-likeness (QED) is 0.723. The van der Waals surface area contributed by atoms with Crippen molar-refractivity contribution in [3.05, 3.63) is 65.0 Å². The van der Waals surface area contributed by atoms with Crippen molar-refractivity contribution in [1.29, 1.82) is 0 Å². The van der Waals surface area contributed by atoms with Crippen LogP contribution in [0, 0.1) is 12.7 Å². The second-order valence-electron chi connectivity index (χ2n) is 7.02. The largest absolute Gasteiger partial charge is 0.349 e. The van der Waals surface area contributed by atoms with Crippen LogP contribution in [0.4, 0.5) is 10.1 Å². The number of nitrogens with one attached hydrogen (secondary N) is 2. The van der Waals surface area contributed by atoms with Gasteiger partial charge in [-0.25, -0.2) is 4.39 Å². The molecule has 0 radical (unpaired) electrons. The summed E-state index contributed by atoms with van der Waals surface area (Å²) in [4.78, 5) is 25.3. The van der Waals surface area contributed by atoms with E-state index in [4.69, 9.17) is 5.73 Å². The number of carbonyl (C=O) groups is 2. The Morgan fingerprint density at radius 3 is 2.29 bits per heavy atom. The Hall–Kier alpha value is -2.44. The number of aryl methyl sites for hydroxylation is 1. The van der Waals surface area contributed by atoms with E-state index in [0.717, 1.165) is 31.2 Å². The van der Waals surface area contributed by atoms with E-state index in [2.05, 4.69) is 10.6 Å². The number of hydrogen-bond donors (Lipinski definition) is 3. The number of carbonyl (C=O) groups excluding carboxylic acids is 2. The molecule has 5 nitrogen and oxygen atoms in total. The van der Waals surface area contributed by atoms with Crippen molar-refractivity contribution in [2.45, 2.75) is 44.7 Å². The summed E-state index contributed by atoms with van der Waals surface area (Å²) in [7, 11) is 0. The molecule has 0 saturated heterocycles. The first-order valence-electron chi connectivity index (χ1n) is 9.17. The van der Waals surface area contributed by atoms with Gasteiger partial charge in [0.25, 0.3) is 11.8 Å². The van der Waals surface area contributed by atoms with E-state index in [-0.39, 0.29) is 36.0 Å². The van der Waals surface area contributed by atoms with Gasteiger partial charge in [-0.05, 0) is 56.4 Å². The van der Waals surface area contributed by atoms with Crippen molar-refractivity contribution in [2.24, 2.45) is 5.73 Å². The number of halogens is 2. The highest BCUT2D eigenvalue weighted by Crippen LogP contribution is 2.23. The van der Waals surface area contributed by atoms with Crippen LogP contribution in [-0.2, 0) is 0 Å². The Morgan fingerprint density at radius 1 is 0.964 bits per heavy atom. The van der Waals surface area contributed by atoms with Crippen molar-refractivity contribution in [2.75, 3.05) is 5.32 Å². The first-order valence-corrected chi connectivity index (χ1v) is 9.17. The van der Waals surface area contributed by atoms with Crippen LogP contribution in [0.3, 0.4) is 0 Å². The van der Waals surface area contributed by atoms with Crippen LogP contribution >= 0.6 is 12.4 Å². The van der Waals surface area contributed by atoms with E-state index in [1.54, 1.807) is 31.2 Å². The molecular weight excluding hydrogens is 381 g/mol. The van der Waals surface area contributed by atoms with Gasteiger partial charge in [0.05, 0.1) is 16.8 Å². The minimum atomic E-state index is -0.604. The SMILES string of the molecule is Cc1cccc(C(=O)NC2CCC(N)CC2)c1NC(=O)c1ccccc1F.Cl. The molecule has 0 bridgehead atoms. The first kappa shape index (κ1) is 21.9. The summed E-state index contributed by atoms with van der Waals surface area (Å²) in [6.45, 7) is 1.80. The second-order valence-corrected chi connectivity index (χ2v) is 7.02. The second kappa shape index (κ2) is 9.66. The lowest BCUT2D eigenvalue weighted by molar-refractivity contribution is 0.0926. The Labute approximate surface area is 170 Å². The van der Waals surface area contributed by atoms with Crippen LogP contribution in [0.25, 0.3) is 0 Å². The normalized spacial score (nSPS) is 18.7. The maximum atomic E-state index is 13.9. The predicted octanol–water partition coefficient (Wildman–Crippen LogP) is 3.81. The molecule has 0 spiro atoms. The van der Waals surface area contributed by atoms with Crippen molar-refractivity contribution < 1.29 is 14.0 Å². The average Bonchev–Trinajstić information content (AvgIpc) is 2.65. The number of rotatable bonds is 4.